The molecule has 0 aromatic heterocycles. The molecule has 0 aromatic carbocycles. The van der Waals surface area contributed by atoms with Crippen LogP contribution in [0.3, 0.4) is 0 Å². The molecule has 0 aromatic rings. The van der Waals surface area contributed by atoms with Gasteiger partial charge >= 0.3 is 0 Å². The minimum Gasteiger partial charge on any atom is -0.341 e. The molecule has 1 saturated carbocycles. The molecule has 3 nitrogen and oxygen atoms in total. The summed E-state index contributed by atoms with van der Waals surface area (Å²) >= 11 is 0. The van der Waals surface area contributed by atoms with Crippen LogP contribution in [-0.4, -0.2) is 29.4 Å². The summed E-state index contributed by atoms with van der Waals surface area (Å²) in [4.78, 5) is 14.4. The Labute approximate surface area is 99.4 Å². The highest BCUT2D eigenvalue weighted by Crippen LogP contribution is 2.27. The highest BCUT2D eigenvalue weighted by molar-refractivity contribution is 5.86. The molecule has 1 rings (SSSR count). The van der Waals surface area contributed by atoms with E-state index in [4.69, 9.17) is 5.73 Å². The van der Waals surface area contributed by atoms with Crippen molar-refractivity contribution in [1.82, 2.24) is 4.90 Å². The lowest BCUT2D eigenvalue weighted by atomic mass is 9.81. The number of hydrogen-bond donors (Lipinski definition) is 1. The largest absolute Gasteiger partial charge is 0.341 e. The first kappa shape index (κ1) is 13.5. The Morgan fingerprint density at radius 3 is 2.06 bits per heavy atom. The van der Waals surface area contributed by atoms with E-state index in [2.05, 4.69) is 13.8 Å². The van der Waals surface area contributed by atoms with E-state index in [1.165, 1.54) is 6.42 Å². The number of nitrogens with two attached hydrogens (primary N) is 1. The Bertz CT molecular complexity index is 216. The normalized spacial score (nSPS) is 19.4. The molecular formula is C13H26N2O. The zero-order chi connectivity index (χ0) is 12.0. The molecule has 0 spiro atoms. The lowest BCUT2D eigenvalue weighted by Gasteiger charge is -2.36. The summed E-state index contributed by atoms with van der Waals surface area (Å²) in [5.41, 5.74) is 5.72. The van der Waals surface area contributed by atoms with Gasteiger partial charge in [0.1, 0.15) is 0 Å². The fraction of sp³-hybridized carbons (Fsp3) is 0.923. The van der Waals surface area contributed by atoms with Gasteiger partial charge in [0.25, 0.3) is 0 Å². The van der Waals surface area contributed by atoms with Crippen molar-refractivity contribution >= 4 is 5.91 Å². The van der Waals surface area contributed by atoms with Gasteiger partial charge in [-0.25, -0.2) is 0 Å². The van der Waals surface area contributed by atoms with E-state index in [0.717, 1.165) is 51.6 Å². The van der Waals surface area contributed by atoms with Crippen molar-refractivity contribution in [3.05, 3.63) is 0 Å². The molecule has 0 radical (unpaired) electrons. The summed E-state index contributed by atoms with van der Waals surface area (Å²) < 4.78 is 0. The van der Waals surface area contributed by atoms with Crippen LogP contribution in [-0.2, 0) is 4.79 Å². The lowest BCUT2D eigenvalue weighted by molar-refractivity contribution is -0.138. The van der Waals surface area contributed by atoms with Gasteiger partial charge in [0.05, 0.1) is 5.54 Å². The molecule has 1 fully saturated rings. The van der Waals surface area contributed by atoms with Gasteiger partial charge in [-0.3, -0.25) is 4.79 Å². The van der Waals surface area contributed by atoms with Crippen molar-refractivity contribution in [2.24, 2.45) is 5.73 Å². The molecule has 94 valence electrons. The average molecular weight is 226 g/mol. The van der Waals surface area contributed by atoms with E-state index in [9.17, 15) is 4.79 Å². The Morgan fingerprint density at radius 2 is 1.62 bits per heavy atom. The number of carbonyl (C=O) groups is 1. The molecule has 16 heavy (non-hydrogen) atoms. The third-order valence-electron chi connectivity index (χ3n) is 3.45. The first-order valence-corrected chi connectivity index (χ1v) is 6.72. The third kappa shape index (κ3) is 3.21. The van der Waals surface area contributed by atoms with Gasteiger partial charge in [-0.1, -0.05) is 33.1 Å². The van der Waals surface area contributed by atoms with Crippen LogP contribution < -0.4 is 5.73 Å². The van der Waals surface area contributed by atoms with Crippen LogP contribution in [0.15, 0.2) is 0 Å². The van der Waals surface area contributed by atoms with Crippen molar-refractivity contribution in [2.75, 3.05) is 13.1 Å². The Balaban J connectivity index is 2.63. The first-order chi connectivity index (χ1) is 7.64. The second kappa shape index (κ2) is 6.24. The average Bonchev–Trinajstić information content (AvgIpc) is 2.29. The van der Waals surface area contributed by atoms with Crippen LogP contribution >= 0.6 is 0 Å². The molecule has 0 unspecified atom stereocenters. The minimum atomic E-state index is -0.553. The molecule has 0 bridgehead atoms. The topological polar surface area (TPSA) is 46.3 Å². The number of hydrogen-bond acceptors (Lipinski definition) is 2. The second-order valence-corrected chi connectivity index (χ2v) is 5.01. The van der Waals surface area contributed by atoms with Gasteiger partial charge in [0.2, 0.25) is 5.91 Å². The Hall–Kier alpha value is -0.570. The summed E-state index contributed by atoms with van der Waals surface area (Å²) in [7, 11) is 0. The maximum atomic E-state index is 12.4. The summed E-state index contributed by atoms with van der Waals surface area (Å²) in [6.45, 7) is 5.93. The smallest absolute Gasteiger partial charge is 0.242 e. The van der Waals surface area contributed by atoms with Crippen LogP contribution in [0, 0.1) is 0 Å². The van der Waals surface area contributed by atoms with Gasteiger partial charge in [-0.2, -0.15) is 0 Å². The van der Waals surface area contributed by atoms with Gasteiger partial charge in [-0.05, 0) is 25.7 Å². The van der Waals surface area contributed by atoms with Crippen LogP contribution in [0.5, 0.6) is 0 Å². The number of carbonyl (C=O) groups excluding carboxylic acids is 1. The van der Waals surface area contributed by atoms with Crippen molar-refractivity contribution in [1.29, 1.82) is 0 Å². The lowest BCUT2D eigenvalue weighted by Crippen LogP contribution is -2.56. The molecule has 0 atom stereocenters. The van der Waals surface area contributed by atoms with E-state index in [0.29, 0.717) is 0 Å². The monoisotopic (exact) mass is 226 g/mol. The maximum absolute atomic E-state index is 12.4. The van der Waals surface area contributed by atoms with Gasteiger partial charge in [-0.15, -0.1) is 0 Å². The van der Waals surface area contributed by atoms with E-state index in [1.807, 2.05) is 4.90 Å². The summed E-state index contributed by atoms with van der Waals surface area (Å²) in [5, 5.41) is 0. The first-order valence-electron chi connectivity index (χ1n) is 6.72. The summed E-state index contributed by atoms with van der Waals surface area (Å²) in [6, 6.07) is 0. The standard InChI is InChI=1S/C13H26N2O/c1-3-10-15(11-4-2)12(16)13(14)8-6-5-7-9-13/h3-11,14H2,1-2H3. The van der Waals surface area contributed by atoms with Crippen LogP contribution in [0.4, 0.5) is 0 Å². The van der Waals surface area contributed by atoms with Crippen molar-refractivity contribution in [3.8, 4) is 0 Å². The highest BCUT2D eigenvalue weighted by Gasteiger charge is 2.37. The third-order valence-corrected chi connectivity index (χ3v) is 3.45. The van der Waals surface area contributed by atoms with E-state index >= 15 is 0 Å². The number of amides is 1. The van der Waals surface area contributed by atoms with Crippen LogP contribution in [0.25, 0.3) is 0 Å². The molecule has 0 aliphatic heterocycles. The van der Waals surface area contributed by atoms with Crippen molar-refractivity contribution < 1.29 is 4.79 Å². The van der Waals surface area contributed by atoms with Crippen molar-refractivity contribution in [3.63, 3.8) is 0 Å². The maximum Gasteiger partial charge on any atom is 0.242 e. The molecule has 1 amide bonds. The van der Waals surface area contributed by atoms with Crippen LogP contribution in [0.2, 0.25) is 0 Å². The molecule has 1 aliphatic rings. The fourth-order valence-corrected chi connectivity index (χ4v) is 2.57. The van der Waals surface area contributed by atoms with Crippen LogP contribution in [0.1, 0.15) is 58.8 Å². The molecule has 0 heterocycles. The predicted octanol–water partition coefficient (Wildman–Crippen LogP) is 2.30. The van der Waals surface area contributed by atoms with Gasteiger partial charge in [0.15, 0.2) is 0 Å². The molecule has 1 aliphatic carbocycles. The van der Waals surface area contributed by atoms with Gasteiger partial charge in [0, 0.05) is 13.1 Å². The minimum absolute atomic E-state index is 0.191. The summed E-state index contributed by atoms with van der Waals surface area (Å²) in [5.74, 6) is 0.191. The number of rotatable bonds is 5. The number of nitrogens with zero attached hydrogens (tertiary/aromatic N) is 1. The van der Waals surface area contributed by atoms with Crippen molar-refractivity contribution in [2.45, 2.75) is 64.3 Å². The van der Waals surface area contributed by atoms with E-state index in [-0.39, 0.29) is 5.91 Å². The second-order valence-electron chi connectivity index (χ2n) is 5.01. The van der Waals surface area contributed by atoms with E-state index < -0.39 is 5.54 Å². The Morgan fingerprint density at radius 1 is 1.12 bits per heavy atom. The zero-order valence-electron chi connectivity index (χ0n) is 10.8. The van der Waals surface area contributed by atoms with Gasteiger partial charge < -0.3 is 10.6 Å². The molecule has 0 saturated heterocycles. The molecule has 2 N–H and O–H groups in total. The highest BCUT2D eigenvalue weighted by atomic mass is 16.2. The quantitative estimate of drug-likeness (QED) is 0.782. The molecular weight excluding hydrogens is 200 g/mol. The predicted molar refractivity (Wildman–Crippen MR) is 67.2 cm³/mol. The SMILES string of the molecule is CCCN(CCC)C(=O)C1(N)CCCCC1. The molecule has 3 heteroatoms. The van der Waals surface area contributed by atoms with E-state index in [1.54, 1.807) is 0 Å². The zero-order valence-corrected chi connectivity index (χ0v) is 10.8. The Kier molecular flexibility index (Phi) is 5.26. The summed E-state index contributed by atoms with van der Waals surface area (Å²) in [6.07, 6.45) is 7.21. The fourth-order valence-electron chi connectivity index (χ4n) is 2.57.